The Bertz CT molecular complexity index is 868. The summed E-state index contributed by atoms with van der Waals surface area (Å²) in [4.78, 5) is 36.6. The van der Waals surface area contributed by atoms with Crippen LogP contribution in [-0.4, -0.2) is 24.3 Å². The summed E-state index contributed by atoms with van der Waals surface area (Å²) < 4.78 is 0. The first-order chi connectivity index (χ1) is 12.9. The van der Waals surface area contributed by atoms with Crippen molar-refractivity contribution in [1.29, 1.82) is 5.26 Å². The maximum Gasteiger partial charge on any atom is 0.226 e. The second-order valence-corrected chi connectivity index (χ2v) is 5.89. The molecule has 0 unspecified atom stereocenters. The van der Waals surface area contributed by atoms with Gasteiger partial charge in [-0.2, -0.15) is 5.26 Å². The molecule has 3 amide bonds. The third kappa shape index (κ3) is 5.97. The van der Waals surface area contributed by atoms with Crippen LogP contribution in [-0.2, 0) is 14.4 Å². The third-order valence-corrected chi connectivity index (χ3v) is 3.74. The van der Waals surface area contributed by atoms with E-state index in [-0.39, 0.29) is 30.7 Å². The lowest BCUT2D eigenvalue weighted by molar-refractivity contribution is -0.117. The molecule has 2 aromatic rings. The number of hydrogen-bond donors (Lipinski definition) is 2. The Morgan fingerprint density at radius 3 is 2.00 bits per heavy atom. The van der Waals surface area contributed by atoms with Gasteiger partial charge in [0.2, 0.25) is 17.7 Å². The predicted molar refractivity (Wildman–Crippen MR) is 103 cm³/mol. The highest BCUT2D eigenvalue weighted by Crippen LogP contribution is 2.19. The smallest absolute Gasteiger partial charge is 0.226 e. The fourth-order valence-corrected chi connectivity index (χ4v) is 2.46. The average molecular weight is 364 g/mol. The van der Waals surface area contributed by atoms with E-state index in [1.165, 1.54) is 18.7 Å². The molecule has 0 atom stereocenters. The molecule has 27 heavy (non-hydrogen) atoms. The van der Waals surface area contributed by atoms with Crippen molar-refractivity contribution >= 4 is 34.8 Å². The Kier molecular flexibility index (Phi) is 6.67. The Morgan fingerprint density at radius 1 is 0.926 bits per heavy atom. The Balaban J connectivity index is 1.97. The lowest BCUT2D eigenvalue weighted by atomic mass is 10.2. The number of anilines is 3. The van der Waals surface area contributed by atoms with E-state index in [0.29, 0.717) is 22.6 Å². The third-order valence-electron chi connectivity index (χ3n) is 3.74. The Morgan fingerprint density at radius 2 is 1.48 bits per heavy atom. The highest BCUT2D eigenvalue weighted by atomic mass is 16.2. The van der Waals surface area contributed by atoms with Crippen LogP contribution in [0.3, 0.4) is 0 Å². The number of benzene rings is 2. The van der Waals surface area contributed by atoms with Gasteiger partial charge in [0, 0.05) is 43.9 Å². The lowest BCUT2D eigenvalue weighted by Gasteiger charge is -2.21. The standard InChI is InChI=1S/C20H20N4O3/c1-14(25)22-17-7-9-19(10-8-17)24(15(2)26)12-11-20(27)23-18-5-3-16(13-21)4-6-18/h3-10H,11-12H2,1-2H3,(H,22,25)(H,23,27). The minimum atomic E-state index is -0.235. The van der Waals surface area contributed by atoms with Gasteiger partial charge in [-0.25, -0.2) is 0 Å². The predicted octanol–water partition coefficient (Wildman–Crippen LogP) is 2.90. The number of nitrogens with zero attached hydrogens (tertiary/aromatic N) is 2. The molecule has 0 aliphatic heterocycles. The van der Waals surface area contributed by atoms with Crippen LogP contribution in [0.2, 0.25) is 0 Å². The van der Waals surface area contributed by atoms with Gasteiger partial charge in [-0.05, 0) is 48.5 Å². The SMILES string of the molecule is CC(=O)Nc1ccc(N(CCC(=O)Nc2ccc(C#N)cc2)C(C)=O)cc1. The molecular formula is C20H20N4O3. The maximum atomic E-state index is 12.1. The summed E-state index contributed by atoms with van der Waals surface area (Å²) in [6.45, 7) is 3.07. The molecular weight excluding hydrogens is 344 g/mol. The van der Waals surface area contributed by atoms with Crippen LogP contribution < -0.4 is 15.5 Å². The van der Waals surface area contributed by atoms with Gasteiger partial charge in [-0.15, -0.1) is 0 Å². The van der Waals surface area contributed by atoms with Crippen molar-refractivity contribution in [3.63, 3.8) is 0 Å². The molecule has 138 valence electrons. The first kappa shape index (κ1) is 19.7. The summed E-state index contributed by atoms with van der Waals surface area (Å²) in [5.41, 5.74) is 2.38. The van der Waals surface area contributed by atoms with E-state index in [2.05, 4.69) is 10.6 Å². The van der Waals surface area contributed by atoms with Crippen LogP contribution >= 0.6 is 0 Å². The lowest BCUT2D eigenvalue weighted by Crippen LogP contribution is -2.31. The monoisotopic (exact) mass is 364 g/mol. The molecule has 2 N–H and O–H groups in total. The second kappa shape index (κ2) is 9.15. The van der Waals surface area contributed by atoms with Crippen molar-refractivity contribution in [2.45, 2.75) is 20.3 Å². The topological polar surface area (TPSA) is 102 Å². The highest BCUT2D eigenvalue weighted by Gasteiger charge is 2.14. The number of carbonyl (C=O) groups excluding carboxylic acids is 3. The van der Waals surface area contributed by atoms with E-state index in [9.17, 15) is 14.4 Å². The van der Waals surface area contributed by atoms with Crippen molar-refractivity contribution in [3.8, 4) is 6.07 Å². The number of amides is 3. The number of nitrogens with one attached hydrogen (secondary N) is 2. The molecule has 0 radical (unpaired) electrons. The van der Waals surface area contributed by atoms with E-state index < -0.39 is 0 Å². The van der Waals surface area contributed by atoms with Gasteiger partial charge in [0.25, 0.3) is 0 Å². The minimum Gasteiger partial charge on any atom is -0.326 e. The first-order valence-electron chi connectivity index (χ1n) is 8.35. The van der Waals surface area contributed by atoms with E-state index in [1.807, 2.05) is 6.07 Å². The summed E-state index contributed by atoms with van der Waals surface area (Å²) in [6, 6.07) is 15.4. The number of carbonyl (C=O) groups is 3. The van der Waals surface area contributed by atoms with Crippen LogP contribution in [0.25, 0.3) is 0 Å². The molecule has 7 nitrogen and oxygen atoms in total. The molecule has 0 aliphatic carbocycles. The molecule has 0 saturated carbocycles. The fourth-order valence-electron chi connectivity index (χ4n) is 2.46. The highest BCUT2D eigenvalue weighted by molar-refractivity contribution is 5.95. The number of rotatable bonds is 6. The molecule has 2 aromatic carbocycles. The van der Waals surface area contributed by atoms with Crippen LogP contribution in [0.15, 0.2) is 48.5 Å². The van der Waals surface area contributed by atoms with Gasteiger partial charge in [0.15, 0.2) is 0 Å². The van der Waals surface area contributed by atoms with E-state index in [4.69, 9.17) is 5.26 Å². The molecule has 2 rings (SSSR count). The zero-order chi connectivity index (χ0) is 19.8. The van der Waals surface area contributed by atoms with Crippen LogP contribution in [0, 0.1) is 11.3 Å². The van der Waals surface area contributed by atoms with Gasteiger partial charge < -0.3 is 15.5 Å². The molecule has 0 saturated heterocycles. The van der Waals surface area contributed by atoms with E-state index >= 15 is 0 Å². The molecule has 0 heterocycles. The molecule has 0 aliphatic rings. The van der Waals surface area contributed by atoms with Crippen LogP contribution in [0.1, 0.15) is 25.8 Å². The quantitative estimate of drug-likeness (QED) is 0.822. The summed E-state index contributed by atoms with van der Waals surface area (Å²) in [5.74, 6) is -0.597. The van der Waals surface area contributed by atoms with Crippen molar-refractivity contribution in [2.75, 3.05) is 22.1 Å². The number of nitriles is 1. The number of hydrogen-bond acceptors (Lipinski definition) is 4. The van der Waals surface area contributed by atoms with E-state index in [1.54, 1.807) is 48.5 Å². The van der Waals surface area contributed by atoms with Gasteiger partial charge in [0.05, 0.1) is 11.6 Å². The summed E-state index contributed by atoms with van der Waals surface area (Å²) in [6.07, 6.45) is 0.118. The zero-order valence-corrected chi connectivity index (χ0v) is 15.2. The van der Waals surface area contributed by atoms with Crippen molar-refractivity contribution in [1.82, 2.24) is 0 Å². The van der Waals surface area contributed by atoms with Crippen molar-refractivity contribution in [2.24, 2.45) is 0 Å². The average Bonchev–Trinajstić information content (AvgIpc) is 2.63. The Hall–Kier alpha value is -3.66. The van der Waals surface area contributed by atoms with Crippen molar-refractivity contribution < 1.29 is 14.4 Å². The molecule has 0 aromatic heterocycles. The van der Waals surface area contributed by atoms with Gasteiger partial charge in [-0.1, -0.05) is 0 Å². The van der Waals surface area contributed by atoms with Gasteiger partial charge in [-0.3, -0.25) is 14.4 Å². The van der Waals surface area contributed by atoms with Gasteiger partial charge in [0.1, 0.15) is 0 Å². The second-order valence-electron chi connectivity index (χ2n) is 5.89. The summed E-state index contributed by atoms with van der Waals surface area (Å²) >= 11 is 0. The van der Waals surface area contributed by atoms with Crippen LogP contribution in [0.5, 0.6) is 0 Å². The largest absolute Gasteiger partial charge is 0.326 e. The normalized spacial score (nSPS) is 9.81. The van der Waals surface area contributed by atoms with Crippen molar-refractivity contribution in [3.05, 3.63) is 54.1 Å². The summed E-state index contributed by atoms with van der Waals surface area (Å²) in [5, 5.41) is 14.2. The molecule has 7 heteroatoms. The summed E-state index contributed by atoms with van der Waals surface area (Å²) in [7, 11) is 0. The van der Waals surface area contributed by atoms with E-state index in [0.717, 1.165) is 0 Å². The molecule has 0 fully saturated rings. The molecule has 0 bridgehead atoms. The first-order valence-corrected chi connectivity index (χ1v) is 8.35. The maximum absolute atomic E-state index is 12.1. The zero-order valence-electron chi connectivity index (χ0n) is 15.2. The fraction of sp³-hybridized carbons (Fsp3) is 0.200. The van der Waals surface area contributed by atoms with Gasteiger partial charge >= 0.3 is 0 Å². The molecule has 0 spiro atoms. The Labute approximate surface area is 157 Å². The minimum absolute atomic E-state index is 0.118. The van der Waals surface area contributed by atoms with Crippen LogP contribution in [0.4, 0.5) is 17.1 Å².